The first kappa shape index (κ1) is 28.5. The van der Waals surface area contributed by atoms with E-state index in [-0.39, 0.29) is 17.9 Å². The Labute approximate surface area is 217 Å². The number of alkyl halides is 3. The zero-order valence-electron chi connectivity index (χ0n) is 20.2. The fourth-order valence-electron chi connectivity index (χ4n) is 4.26. The average molecular weight is 582 g/mol. The van der Waals surface area contributed by atoms with Gasteiger partial charge in [0.05, 0.1) is 12.7 Å². The van der Waals surface area contributed by atoms with E-state index in [1.807, 2.05) is 0 Å². The van der Waals surface area contributed by atoms with Crippen molar-refractivity contribution in [3.05, 3.63) is 82.2 Å². The van der Waals surface area contributed by atoms with E-state index in [0.717, 1.165) is 24.3 Å². The molecule has 1 aliphatic rings. The lowest BCUT2D eigenvalue weighted by molar-refractivity contribution is -0.137. The molecule has 0 fully saturated rings. The molecule has 0 spiro atoms. The minimum Gasteiger partial charge on any atom is -0.496 e. The van der Waals surface area contributed by atoms with Gasteiger partial charge >= 0.3 is 16.3 Å². The summed E-state index contributed by atoms with van der Waals surface area (Å²) >= 11 is 0. The van der Waals surface area contributed by atoms with Gasteiger partial charge in [-0.05, 0) is 38.5 Å². The van der Waals surface area contributed by atoms with Crippen molar-refractivity contribution in [1.29, 1.82) is 0 Å². The lowest BCUT2D eigenvalue weighted by Gasteiger charge is -2.38. The van der Waals surface area contributed by atoms with Gasteiger partial charge in [0.2, 0.25) is 34.8 Å². The smallest absolute Gasteiger partial charge is 0.416 e. The Morgan fingerprint density at radius 1 is 0.872 bits per heavy atom. The Hall–Kier alpha value is -3.55. The van der Waals surface area contributed by atoms with Crippen molar-refractivity contribution in [2.45, 2.75) is 42.9 Å². The molecule has 3 aromatic rings. The van der Waals surface area contributed by atoms with Crippen molar-refractivity contribution >= 4 is 10.1 Å². The van der Waals surface area contributed by atoms with E-state index in [4.69, 9.17) is 9.47 Å². The molecule has 39 heavy (non-hydrogen) atoms. The van der Waals surface area contributed by atoms with Gasteiger partial charge in [0, 0.05) is 23.1 Å². The molecule has 1 atom stereocenters. The minimum atomic E-state index is -5.16. The Morgan fingerprint density at radius 2 is 1.44 bits per heavy atom. The Morgan fingerprint density at radius 3 is 2.00 bits per heavy atom. The van der Waals surface area contributed by atoms with E-state index in [9.17, 15) is 43.5 Å². The summed E-state index contributed by atoms with van der Waals surface area (Å²) in [7, 11) is -3.97. The monoisotopic (exact) mass is 582 g/mol. The maximum atomic E-state index is 14.0. The van der Waals surface area contributed by atoms with E-state index in [0.29, 0.717) is 11.1 Å². The summed E-state index contributed by atoms with van der Waals surface area (Å²) in [6, 6.07) is 6.02. The predicted octanol–water partition coefficient (Wildman–Crippen LogP) is 6.87. The molecule has 210 valence electrons. The normalized spacial score (nSPS) is 16.8. The number of benzene rings is 3. The van der Waals surface area contributed by atoms with E-state index in [2.05, 4.69) is 4.18 Å². The first-order chi connectivity index (χ1) is 18.0. The Balaban J connectivity index is 1.78. The van der Waals surface area contributed by atoms with Crippen molar-refractivity contribution in [1.82, 2.24) is 0 Å². The highest BCUT2D eigenvalue weighted by Gasteiger charge is 2.39. The number of methoxy groups -OCH3 is 1. The zero-order valence-corrected chi connectivity index (χ0v) is 21.0. The second kappa shape index (κ2) is 9.57. The molecule has 1 unspecified atom stereocenters. The molecule has 1 heterocycles. The van der Waals surface area contributed by atoms with Gasteiger partial charge in [-0.3, -0.25) is 0 Å². The summed E-state index contributed by atoms with van der Waals surface area (Å²) in [4.78, 5) is -0.749. The summed E-state index contributed by atoms with van der Waals surface area (Å²) in [5, 5.41) is 0. The third kappa shape index (κ3) is 5.21. The van der Waals surface area contributed by atoms with Crippen LogP contribution in [0.4, 0.5) is 35.1 Å². The van der Waals surface area contributed by atoms with Crippen LogP contribution in [0.15, 0.2) is 41.3 Å². The van der Waals surface area contributed by atoms with Crippen LogP contribution in [0.1, 0.15) is 42.9 Å². The van der Waals surface area contributed by atoms with Crippen molar-refractivity contribution in [3.63, 3.8) is 0 Å². The topological polar surface area (TPSA) is 61.8 Å². The maximum Gasteiger partial charge on any atom is 0.416 e. The SMILES string of the molecule is COc1cc(C(F)(F)F)ccc1C1CC(C)(C)Oc2cc(S(=O)(=O)Oc3c(F)c(F)c(F)c(F)c3F)ccc21. The van der Waals surface area contributed by atoms with Crippen LogP contribution in [-0.4, -0.2) is 21.1 Å². The highest BCUT2D eigenvalue weighted by molar-refractivity contribution is 7.87. The van der Waals surface area contributed by atoms with Crippen LogP contribution in [-0.2, 0) is 16.3 Å². The molecule has 0 radical (unpaired) electrons. The van der Waals surface area contributed by atoms with Crippen LogP contribution in [0.25, 0.3) is 0 Å². The predicted molar refractivity (Wildman–Crippen MR) is 120 cm³/mol. The fourth-order valence-corrected chi connectivity index (χ4v) is 5.20. The van der Waals surface area contributed by atoms with Gasteiger partial charge in [0.25, 0.3) is 0 Å². The van der Waals surface area contributed by atoms with Crippen molar-refractivity contribution < 1.29 is 57.2 Å². The van der Waals surface area contributed by atoms with Crippen LogP contribution < -0.4 is 13.7 Å². The van der Waals surface area contributed by atoms with Crippen LogP contribution in [0.2, 0.25) is 0 Å². The van der Waals surface area contributed by atoms with Crippen LogP contribution in [0.5, 0.6) is 17.2 Å². The number of ether oxygens (including phenoxy) is 2. The Kier molecular flexibility index (Phi) is 6.99. The molecule has 14 heteroatoms. The number of fused-ring (bicyclic) bond motifs is 1. The summed E-state index contributed by atoms with van der Waals surface area (Å²) < 4.78 is 149. The van der Waals surface area contributed by atoms with Crippen LogP contribution in [0.3, 0.4) is 0 Å². The molecular formula is C25H18F8O5S. The van der Waals surface area contributed by atoms with Gasteiger partial charge in [0.1, 0.15) is 22.0 Å². The second-order valence-corrected chi connectivity index (χ2v) is 10.8. The zero-order chi connectivity index (χ0) is 29.1. The lowest BCUT2D eigenvalue weighted by Crippen LogP contribution is -2.35. The quantitative estimate of drug-likeness (QED) is 0.142. The number of rotatable bonds is 5. The second-order valence-electron chi connectivity index (χ2n) is 9.21. The van der Waals surface area contributed by atoms with E-state index in [1.54, 1.807) is 13.8 Å². The molecule has 0 saturated carbocycles. The largest absolute Gasteiger partial charge is 0.496 e. The van der Waals surface area contributed by atoms with Gasteiger partial charge < -0.3 is 13.7 Å². The van der Waals surface area contributed by atoms with Gasteiger partial charge in [-0.25, -0.2) is 13.2 Å². The van der Waals surface area contributed by atoms with Gasteiger partial charge in [-0.1, -0.05) is 12.1 Å². The molecule has 0 aliphatic carbocycles. The average Bonchev–Trinajstić information content (AvgIpc) is 2.86. The van der Waals surface area contributed by atoms with Crippen LogP contribution in [0, 0.1) is 29.1 Å². The van der Waals surface area contributed by atoms with Gasteiger partial charge in [-0.2, -0.15) is 30.4 Å². The van der Waals surface area contributed by atoms with Crippen LogP contribution >= 0.6 is 0 Å². The summed E-state index contributed by atoms with van der Waals surface area (Å²) in [5.74, 6) is -15.1. The molecule has 0 saturated heterocycles. The molecular weight excluding hydrogens is 564 g/mol. The third-order valence-electron chi connectivity index (χ3n) is 6.03. The molecule has 3 aromatic carbocycles. The Bertz CT molecular complexity index is 1540. The van der Waals surface area contributed by atoms with Crippen molar-refractivity contribution in [2.24, 2.45) is 0 Å². The molecule has 1 aliphatic heterocycles. The van der Waals surface area contributed by atoms with Gasteiger partial charge in [-0.15, -0.1) is 0 Å². The number of halogens is 8. The fraction of sp³-hybridized carbons (Fsp3) is 0.280. The molecule has 0 amide bonds. The highest BCUT2D eigenvalue weighted by atomic mass is 32.2. The van der Waals surface area contributed by atoms with Crippen molar-refractivity contribution in [2.75, 3.05) is 7.11 Å². The molecule has 4 rings (SSSR count). The molecule has 0 aromatic heterocycles. The van der Waals surface area contributed by atoms with Gasteiger partial charge in [0.15, 0.2) is 0 Å². The maximum absolute atomic E-state index is 14.0. The molecule has 5 nitrogen and oxygen atoms in total. The molecule has 0 bridgehead atoms. The molecule has 0 N–H and O–H groups in total. The minimum absolute atomic E-state index is 0.0692. The van der Waals surface area contributed by atoms with E-state index < -0.39 is 73.1 Å². The highest BCUT2D eigenvalue weighted by Crippen LogP contribution is 2.48. The third-order valence-corrected chi connectivity index (χ3v) is 7.25. The lowest BCUT2D eigenvalue weighted by atomic mass is 9.79. The first-order valence-electron chi connectivity index (χ1n) is 11.0. The summed E-state index contributed by atoms with van der Waals surface area (Å²) in [5.41, 5.74) is -1.25. The summed E-state index contributed by atoms with van der Waals surface area (Å²) in [6.45, 7) is 3.26. The summed E-state index contributed by atoms with van der Waals surface area (Å²) in [6.07, 6.45) is -4.40. The van der Waals surface area contributed by atoms with E-state index in [1.165, 1.54) is 19.2 Å². The number of hydrogen-bond donors (Lipinski definition) is 0. The van der Waals surface area contributed by atoms with Crippen molar-refractivity contribution in [3.8, 4) is 17.2 Å². The number of hydrogen-bond acceptors (Lipinski definition) is 5. The first-order valence-corrected chi connectivity index (χ1v) is 12.4. The standard InChI is InChI=1S/C25H18F8O5S/c1-24(2)10-15(13-6-4-11(25(31,32)33)8-16(13)36-3)14-7-5-12(9-17(14)37-24)39(34,35)38-23-21(29)19(27)18(26)20(28)22(23)30/h4-9,15H,10H2,1-3H3. The van der Waals surface area contributed by atoms with E-state index >= 15 is 0 Å².